The lowest BCUT2D eigenvalue weighted by molar-refractivity contribution is -0.122. The van der Waals surface area contributed by atoms with Crippen molar-refractivity contribution >= 4 is 27.3 Å². The van der Waals surface area contributed by atoms with Gasteiger partial charge in [-0.25, -0.2) is 8.42 Å². The topological polar surface area (TPSA) is 80.5 Å². The molecule has 0 unspecified atom stereocenters. The van der Waals surface area contributed by atoms with Crippen LogP contribution >= 0.6 is 11.3 Å². The third-order valence-electron chi connectivity index (χ3n) is 4.41. The molecule has 1 saturated heterocycles. The first-order valence-electron chi connectivity index (χ1n) is 6.77. The van der Waals surface area contributed by atoms with Gasteiger partial charge < -0.3 is 5.73 Å². The van der Waals surface area contributed by atoms with Crippen molar-refractivity contribution in [3.63, 3.8) is 0 Å². The summed E-state index contributed by atoms with van der Waals surface area (Å²) in [6.45, 7) is 2.29. The molecule has 1 amide bonds. The second-order valence-electron chi connectivity index (χ2n) is 5.72. The fourth-order valence-corrected chi connectivity index (χ4v) is 6.58. The number of nitrogens with two attached hydrogens (primary N) is 1. The van der Waals surface area contributed by atoms with Crippen LogP contribution in [0.1, 0.15) is 24.8 Å². The van der Waals surface area contributed by atoms with Crippen molar-refractivity contribution < 1.29 is 13.2 Å². The van der Waals surface area contributed by atoms with Gasteiger partial charge in [0.2, 0.25) is 5.91 Å². The minimum atomic E-state index is -3.60. The average Bonchev–Trinajstić information content (AvgIpc) is 3.00. The number of primary amides is 1. The summed E-state index contributed by atoms with van der Waals surface area (Å²) in [5.41, 5.74) is 6.40. The van der Waals surface area contributed by atoms with Gasteiger partial charge in [0.05, 0.1) is 0 Å². The number of fused-ring (bicyclic) bond motifs is 1. The van der Waals surface area contributed by atoms with Gasteiger partial charge >= 0.3 is 0 Å². The van der Waals surface area contributed by atoms with Crippen LogP contribution < -0.4 is 5.73 Å². The standard InChI is InChI=1S/C13H18N2O3S2/c1-8-5-11(19-7-8)20(17,18)15-6-9-3-2-4-10(9)12(15)13(14)16/h5,7,9-10,12H,2-4,6H2,1H3,(H2,14,16)/t9-,10+,12+/m0/s1. The molecule has 0 bridgehead atoms. The number of rotatable bonds is 3. The molecule has 2 heterocycles. The maximum absolute atomic E-state index is 12.7. The van der Waals surface area contributed by atoms with E-state index >= 15 is 0 Å². The van der Waals surface area contributed by atoms with Gasteiger partial charge in [-0.2, -0.15) is 4.31 Å². The van der Waals surface area contributed by atoms with Gasteiger partial charge in [-0.1, -0.05) is 6.42 Å². The van der Waals surface area contributed by atoms with E-state index < -0.39 is 22.0 Å². The Balaban J connectivity index is 1.98. The Hall–Kier alpha value is -0.920. The van der Waals surface area contributed by atoms with E-state index in [2.05, 4.69) is 0 Å². The van der Waals surface area contributed by atoms with E-state index in [9.17, 15) is 13.2 Å². The van der Waals surface area contributed by atoms with E-state index in [0.717, 1.165) is 24.8 Å². The summed E-state index contributed by atoms with van der Waals surface area (Å²) in [6.07, 6.45) is 2.95. The number of hydrogen-bond acceptors (Lipinski definition) is 4. The summed E-state index contributed by atoms with van der Waals surface area (Å²) in [5, 5.41) is 1.81. The quantitative estimate of drug-likeness (QED) is 0.914. The van der Waals surface area contributed by atoms with Crippen molar-refractivity contribution in [2.24, 2.45) is 17.6 Å². The lowest BCUT2D eigenvalue weighted by Gasteiger charge is -2.23. The van der Waals surface area contributed by atoms with Crippen molar-refractivity contribution in [2.45, 2.75) is 36.4 Å². The van der Waals surface area contributed by atoms with Gasteiger partial charge in [0, 0.05) is 6.54 Å². The van der Waals surface area contributed by atoms with Crippen LogP contribution in [0.5, 0.6) is 0 Å². The molecule has 1 saturated carbocycles. The van der Waals surface area contributed by atoms with E-state index in [1.807, 2.05) is 12.3 Å². The molecule has 1 aliphatic carbocycles. The normalized spacial score (nSPS) is 30.6. The highest BCUT2D eigenvalue weighted by Gasteiger charge is 2.51. The third kappa shape index (κ3) is 2.08. The van der Waals surface area contributed by atoms with Crippen LogP contribution in [0.3, 0.4) is 0 Å². The maximum atomic E-state index is 12.7. The largest absolute Gasteiger partial charge is 0.368 e. The van der Waals surface area contributed by atoms with Crippen molar-refractivity contribution in [3.05, 3.63) is 17.0 Å². The maximum Gasteiger partial charge on any atom is 0.253 e. The molecular formula is C13H18N2O3S2. The molecule has 0 aromatic carbocycles. The van der Waals surface area contributed by atoms with Crippen LogP contribution in [-0.2, 0) is 14.8 Å². The number of thiophene rings is 1. The van der Waals surface area contributed by atoms with Crippen LogP contribution in [-0.4, -0.2) is 31.2 Å². The smallest absolute Gasteiger partial charge is 0.253 e. The Morgan fingerprint density at radius 3 is 2.80 bits per heavy atom. The molecule has 3 atom stereocenters. The van der Waals surface area contributed by atoms with Crippen LogP contribution in [0.25, 0.3) is 0 Å². The van der Waals surface area contributed by atoms with Crippen molar-refractivity contribution in [1.82, 2.24) is 4.31 Å². The molecular weight excluding hydrogens is 296 g/mol. The highest BCUT2D eigenvalue weighted by molar-refractivity contribution is 7.91. The Bertz CT molecular complexity index is 638. The molecule has 1 aromatic heterocycles. The minimum Gasteiger partial charge on any atom is -0.368 e. The number of carbonyl (C=O) groups excluding carboxylic acids is 1. The van der Waals surface area contributed by atoms with Gasteiger partial charge in [0.25, 0.3) is 10.0 Å². The number of sulfonamides is 1. The second-order valence-corrected chi connectivity index (χ2v) is 8.75. The monoisotopic (exact) mass is 314 g/mol. The molecule has 5 nitrogen and oxygen atoms in total. The molecule has 2 N–H and O–H groups in total. The second kappa shape index (κ2) is 4.82. The predicted octanol–water partition coefficient (Wildman–Crippen LogP) is 1.33. The average molecular weight is 314 g/mol. The molecule has 20 heavy (non-hydrogen) atoms. The predicted molar refractivity (Wildman–Crippen MR) is 76.8 cm³/mol. The fraction of sp³-hybridized carbons (Fsp3) is 0.615. The van der Waals surface area contributed by atoms with E-state index in [0.29, 0.717) is 10.8 Å². The molecule has 110 valence electrons. The summed E-state index contributed by atoms with van der Waals surface area (Å²) in [5.74, 6) is -0.136. The molecule has 7 heteroatoms. The van der Waals surface area contributed by atoms with E-state index in [1.54, 1.807) is 6.07 Å². The Morgan fingerprint density at radius 1 is 1.45 bits per heavy atom. The molecule has 2 fully saturated rings. The fourth-order valence-electron chi connectivity index (χ4n) is 3.52. The van der Waals surface area contributed by atoms with Gasteiger partial charge in [-0.05, 0) is 48.6 Å². The number of hydrogen-bond donors (Lipinski definition) is 1. The highest BCUT2D eigenvalue weighted by atomic mass is 32.2. The zero-order valence-corrected chi connectivity index (χ0v) is 12.9. The summed E-state index contributed by atoms with van der Waals surface area (Å²) >= 11 is 1.20. The van der Waals surface area contributed by atoms with Crippen molar-refractivity contribution in [2.75, 3.05) is 6.54 Å². The zero-order valence-electron chi connectivity index (χ0n) is 11.3. The van der Waals surface area contributed by atoms with Gasteiger partial charge in [-0.15, -0.1) is 11.3 Å². The zero-order chi connectivity index (χ0) is 14.5. The Morgan fingerprint density at radius 2 is 2.20 bits per heavy atom. The molecule has 0 spiro atoms. The highest BCUT2D eigenvalue weighted by Crippen LogP contribution is 2.44. The van der Waals surface area contributed by atoms with E-state index in [1.165, 1.54) is 15.6 Å². The van der Waals surface area contributed by atoms with Crippen LogP contribution in [0, 0.1) is 18.8 Å². The van der Waals surface area contributed by atoms with Gasteiger partial charge in [0.15, 0.2) is 0 Å². The first kappa shape index (κ1) is 14.0. The SMILES string of the molecule is Cc1csc(S(=O)(=O)N2C[C@@H]3CCC[C@H]3[C@@H]2C(N)=O)c1. The first-order valence-corrected chi connectivity index (χ1v) is 9.09. The van der Waals surface area contributed by atoms with Gasteiger partial charge in [-0.3, -0.25) is 4.79 Å². The molecule has 0 radical (unpaired) electrons. The number of amides is 1. The van der Waals surface area contributed by atoms with E-state index in [4.69, 9.17) is 5.73 Å². The van der Waals surface area contributed by atoms with E-state index in [-0.39, 0.29) is 11.8 Å². The van der Waals surface area contributed by atoms with Crippen molar-refractivity contribution in [3.8, 4) is 0 Å². The van der Waals surface area contributed by atoms with Crippen LogP contribution in [0.4, 0.5) is 0 Å². The summed E-state index contributed by atoms with van der Waals surface area (Å²) < 4.78 is 27.1. The minimum absolute atomic E-state index is 0.100. The van der Waals surface area contributed by atoms with Crippen LogP contribution in [0.2, 0.25) is 0 Å². The number of nitrogens with zero attached hydrogens (tertiary/aromatic N) is 1. The third-order valence-corrected chi connectivity index (χ3v) is 7.79. The summed E-state index contributed by atoms with van der Waals surface area (Å²) in [6, 6.07) is 0.987. The number of carbonyl (C=O) groups is 1. The first-order chi connectivity index (χ1) is 9.41. The van der Waals surface area contributed by atoms with Gasteiger partial charge in [0.1, 0.15) is 10.3 Å². The molecule has 2 aliphatic rings. The Labute approximate surface area is 122 Å². The lowest BCUT2D eigenvalue weighted by Crippen LogP contribution is -2.46. The number of aryl methyl sites for hydroxylation is 1. The summed E-state index contributed by atoms with van der Waals surface area (Å²) in [4.78, 5) is 11.8. The molecule has 1 aliphatic heterocycles. The Kier molecular flexibility index (Phi) is 3.38. The lowest BCUT2D eigenvalue weighted by atomic mass is 9.94. The molecule has 3 rings (SSSR count). The van der Waals surface area contributed by atoms with Crippen LogP contribution in [0.15, 0.2) is 15.7 Å². The summed E-state index contributed by atoms with van der Waals surface area (Å²) in [7, 11) is -3.60. The van der Waals surface area contributed by atoms with Crippen molar-refractivity contribution in [1.29, 1.82) is 0 Å². The molecule has 1 aromatic rings.